The van der Waals surface area contributed by atoms with E-state index in [-0.39, 0.29) is 103 Å². The third-order valence-corrected chi connectivity index (χ3v) is 13.3. The second-order valence-electron chi connectivity index (χ2n) is 16.9. The summed E-state index contributed by atoms with van der Waals surface area (Å²) in [5.41, 5.74) is 1.21. The van der Waals surface area contributed by atoms with Crippen molar-refractivity contribution in [1.29, 1.82) is 0 Å². The molecule has 1 saturated heterocycles. The van der Waals surface area contributed by atoms with Gasteiger partial charge in [0.2, 0.25) is 5.76 Å². The molecule has 1 aliphatic carbocycles. The average Bonchev–Trinajstić information content (AvgIpc) is 3.94. The Balaban J connectivity index is 1.38. The highest BCUT2D eigenvalue weighted by atomic mass is 16.6. The van der Waals surface area contributed by atoms with E-state index in [9.17, 15) is 34.8 Å². The second kappa shape index (κ2) is 19.3. The summed E-state index contributed by atoms with van der Waals surface area (Å²) in [6, 6.07) is 5.94. The maximum absolute atomic E-state index is 14.1. The van der Waals surface area contributed by atoms with E-state index in [1.807, 2.05) is 24.3 Å². The van der Waals surface area contributed by atoms with Gasteiger partial charge >= 0.3 is 5.97 Å². The number of aliphatic hydroxyl groups excluding tert-OH is 3. The minimum Gasteiger partial charge on any atom is -0.492 e. The Hall–Kier alpha value is -4.44. The summed E-state index contributed by atoms with van der Waals surface area (Å²) in [6.45, 7) is 7.36. The summed E-state index contributed by atoms with van der Waals surface area (Å²) >= 11 is 0. The number of carbonyl (C=O) groups is 3. The van der Waals surface area contributed by atoms with Crippen molar-refractivity contribution in [1.82, 2.24) is 4.90 Å². The number of ketones is 1. The van der Waals surface area contributed by atoms with Crippen LogP contribution in [0.15, 0.2) is 40.1 Å². The largest absolute Gasteiger partial charge is 0.492 e. The number of hydrogen-bond donors (Lipinski definition) is 4. The molecule has 1 saturated carbocycles. The van der Waals surface area contributed by atoms with Gasteiger partial charge in [0.1, 0.15) is 34.7 Å². The molecule has 4 aliphatic heterocycles. The monoisotopic (exact) mass is 844 g/mol. The van der Waals surface area contributed by atoms with E-state index >= 15 is 0 Å². The number of allylic oxidation sites excluding steroid dienone is 3. The van der Waals surface area contributed by atoms with Crippen LogP contribution < -0.4 is 24.8 Å². The number of benzene rings is 2. The summed E-state index contributed by atoms with van der Waals surface area (Å²) in [4.78, 5) is 48.2. The highest BCUT2D eigenvalue weighted by molar-refractivity contribution is 6.11. The lowest BCUT2D eigenvalue weighted by molar-refractivity contribution is -0.141. The molecule has 330 valence electrons. The molecule has 14 nitrogen and oxygen atoms in total. The van der Waals surface area contributed by atoms with Gasteiger partial charge in [0, 0.05) is 68.7 Å². The number of methoxy groups -OCH3 is 1. The Labute approximate surface area is 356 Å². The lowest BCUT2D eigenvalue weighted by Crippen LogP contribution is -2.54. The van der Waals surface area contributed by atoms with Crippen LogP contribution in [0.5, 0.6) is 17.2 Å². The van der Waals surface area contributed by atoms with Gasteiger partial charge in [-0.05, 0) is 87.7 Å². The highest BCUT2D eigenvalue weighted by Gasteiger charge is 2.50. The molecule has 14 heteroatoms. The normalized spacial score (nSPS) is 25.6. The summed E-state index contributed by atoms with van der Waals surface area (Å²) in [6.07, 6.45) is 5.75. The van der Waals surface area contributed by atoms with Gasteiger partial charge in [-0.15, -0.1) is 0 Å². The first-order chi connectivity index (χ1) is 29.5. The predicted octanol–water partition coefficient (Wildman–Crippen LogP) is 2.85. The van der Waals surface area contributed by atoms with E-state index in [1.54, 1.807) is 21.0 Å². The van der Waals surface area contributed by atoms with Crippen molar-refractivity contribution >= 4 is 29.7 Å². The van der Waals surface area contributed by atoms with E-state index in [4.69, 9.17) is 23.7 Å². The fourth-order valence-electron chi connectivity index (χ4n) is 10.0. The van der Waals surface area contributed by atoms with Crippen molar-refractivity contribution < 1.29 is 58.5 Å². The van der Waals surface area contributed by atoms with Crippen LogP contribution in [0.3, 0.4) is 0 Å². The number of carbonyl (C=O) groups excluding carboxylic acids is 3. The number of ether oxygens (including phenoxy) is 5. The highest BCUT2D eigenvalue weighted by Crippen LogP contribution is 2.57. The molecule has 2 fully saturated rings. The van der Waals surface area contributed by atoms with Crippen LogP contribution in [-0.4, -0.2) is 121 Å². The molecule has 4 N–H and O–H groups in total. The molecule has 0 radical (unpaired) electrons. The first kappa shape index (κ1) is 44.6. The van der Waals surface area contributed by atoms with Crippen LogP contribution in [0.2, 0.25) is 0 Å². The molecular weight excluding hydrogens is 785 g/mol. The van der Waals surface area contributed by atoms with Crippen LogP contribution in [0.1, 0.15) is 93.9 Å². The van der Waals surface area contributed by atoms with Gasteiger partial charge < -0.3 is 49.0 Å². The van der Waals surface area contributed by atoms with Gasteiger partial charge in [0.15, 0.2) is 6.29 Å². The van der Waals surface area contributed by atoms with E-state index in [0.29, 0.717) is 30.6 Å². The van der Waals surface area contributed by atoms with Crippen LogP contribution in [0.25, 0.3) is 11.6 Å². The Morgan fingerprint density at radius 2 is 1.92 bits per heavy atom. The van der Waals surface area contributed by atoms with E-state index in [0.717, 1.165) is 54.9 Å². The van der Waals surface area contributed by atoms with E-state index < -0.39 is 48.5 Å². The standard InChI is InChI=1S/C47H60N2O12/c1-5-32-22-31(12-15-49(32)14-7-17-57-4)47(3,56)38-23-34-42(60-38)36(26-53)44-40(43(34)59-18-8-16-50)39(35(25-52)45(61-44)46(55)58-6-2)29-20-30(24-51)41(54)33(21-29)27-9-10-37-28(19-27)11-13-48-37/h9-11,19,25,30-33,38,50-51,53,56H,5-8,12-18,20-24,26H2,1-4H3. The minimum absolute atomic E-state index is 0.0151. The fourth-order valence-corrected chi connectivity index (χ4v) is 10.0. The molecule has 0 bridgehead atoms. The smallest absolute Gasteiger partial charge is 0.375 e. The van der Waals surface area contributed by atoms with Gasteiger partial charge in [-0.1, -0.05) is 24.6 Å². The topological polar surface area (TPSA) is 194 Å². The second-order valence-corrected chi connectivity index (χ2v) is 16.9. The molecule has 5 aliphatic rings. The van der Waals surface area contributed by atoms with Gasteiger partial charge in [0.05, 0.1) is 55.0 Å². The number of Topliss-reactive ketones (excluding diaryl/α,β-unsaturated/α-hetero) is 1. The minimum atomic E-state index is -1.32. The Kier molecular flexibility index (Phi) is 14.1. The van der Waals surface area contributed by atoms with Gasteiger partial charge in [0.25, 0.3) is 0 Å². The molecule has 0 amide bonds. The predicted molar refractivity (Wildman–Crippen MR) is 225 cm³/mol. The third-order valence-electron chi connectivity index (χ3n) is 13.3. The molecule has 2 aromatic carbocycles. The number of nitrogens with zero attached hydrogens (tertiary/aromatic N) is 2. The number of fused-ring (bicyclic) bond motifs is 3. The molecule has 6 unspecified atom stereocenters. The zero-order chi connectivity index (χ0) is 43.4. The molecule has 7 rings (SSSR count). The number of piperidine rings is 1. The number of aldehydes is 1. The molecule has 4 heterocycles. The molecule has 6 atom stereocenters. The first-order valence-corrected chi connectivity index (χ1v) is 21.8. The van der Waals surface area contributed by atoms with Crippen LogP contribution >= 0.6 is 0 Å². The summed E-state index contributed by atoms with van der Waals surface area (Å²) in [5, 5.41) is 46.0. The molecular formula is C47H60N2O12. The SMILES string of the molecule is CCOC(=O)C1=C(C=O)C(=C2CC(CO)C(=O)C(c3ccc4c(c3)=CCN=4)C2)c2c(OCCCO)c3c(c(CO)c2O1)OC(C(C)(O)C1CCN(CCCOC)C(CC)C1)C3. The maximum Gasteiger partial charge on any atom is 0.375 e. The van der Waals surface area contributed by atoms with Crippen molar-refractivity contribution in [2.45, 2.75) is 102 Å². The first-order valence-electron chi connectivity index (χ1n) is 21.8. The Bertz CT molecular complexity index is 2190. The van der Waals surface area contributed by atoms with Gasteiger partial charge in [-0.2, -0.15) is 0 Å². The van der Waals surface area contributed by atoms with Crippen molar-refractivity contribution in [2.24, 2.45) is 16.8 Å². The number of rotatable bonds is 17. The zero-order valence-corrected chi connectivity index (χ0v) is 35.7. The zero-order valence-electron chi connectivity index (χ0n) is 35.7. The van der Waals surface area contributed by atoms with Crippen LogP contribution in [0.4, 0.5) is 0 Å². The number of hydrogen-bond acceptors (Lipinski definition) is 14. The van der Waals surface area contributed by atoms with E-state index in [1.165, 1.54) is 0 Å². The van der Waals surface area contributed by atoms with Gasteiger partial charge in [-0.3, -0.25) is 14.6 Å². The lowest BCUT2D eigenvalue weighted by atomic mass is 9.71. The molecule has 0 aromatic heterocycles. The lowest BCUT2D eigenvalue weighted by Gasteiger charge is -2.46. The number of aliphatic hydroxyl groups is 4. The molecule has 2 aromatic rings. The van der Waals surface area contributed by atoms with Crippen molar-refractivity contribution in [3.8, 4) is 17.2 Å². The number of esters is 1. The maximum atomic E-state index is 14.1. The van der Waals surface area contributed by atoms with Crippen molar-refractivity contribution in [3.63, 3.8) is 0 Å². The van der Waals surface area contributed by atoms with Crippen LogP contribution in [-0.2, 0) is 36.9 Å². The molecule has 61 heavy (non-hydrogen) atoms. The summed E-state index contributed by atoms with van der Waals surface area (Å²) in [7, 11) is 1.70. The summed E-state index contributed by atoms with van der Waals surface area (Å²) < 4.78 is 30.4. The Morgan fingerprint density at radius 1 is 1.10 bits per heavy atom. The van der Waals surface area contributed by atoms with Crippen LogP contribution in [0, 0.1) is 11.8 Å². The quantitative estimate of drug-likeness (QED) is 0.103. The Morgan fingerprint density at radius 3 is 2.62 bits per heavy atom. The number of likely N-dealkylation sites (tertiary alicyclic amines) is 1. The average molecular weight is 845 g/mol. The van der Waals surface area contributed by atoms with Crippen molar-refractivity contribution in [3.05, 3.63) is 67.9 Å². The summed E-state index contributed by atoms with van der Waals surface area (Å²) in [5.74, 6) is -2.56. The third kappa shape index (κ3) is 8.55. The fraction of sp³-hybridized carbons (Fsp3) is 0.574. The van der Waals surface area contributed by atoms with Crippen molar-refractivity contribution in [2.75, 3.05) is 59.8 Å². The molecule has 0 spiro atoms. The van der Waals surface area contributed by atoms with E-state index in [2.05, 4.69) is 16.8 Å². The van der Waals surface area contributed by atoms with Gasteiger partial charge in [-0.25, -0.2) is 4.79 Å².